The minimum Gasteiger partial charge on any atom is -0.372 e. The number of aromatic nitrogens is 3. The first-order chi connectivity index (χ1) is 11.1. The van der Waals surface area contributed by atoms with Gasteiger partial charge in [-0.25, -0.2) is 0 Å². The van der Waals surface area contributed by atoms with E-state index in [0.29, 0.717) is 5.16 Å². The smallest absolute Gasteiger partial charge is 0.227 e. The van der Waals surface area contributed by atoms with Crippen LogP contribution in [-0.2, 0) is 11.3 Å². The first-order valence-electron chi connectivity index (χ1n) is 7.80. The number of anilines is 1. The summed E-state index contributed by atoms with van der Waals surface area (Å²) in [5.41, 5.74) is 7.41. The molecule has 7 heteroatoms. The van der Waals surface area contributed by atoms with Gasteiger partial charge >= 0.3 is 0 Å². The summed E-state index contributed by atoms with van der Waals surface area (Å²) in [5.74, 6) is 0.662. The van der Waals surface area contributed by atoms with E-state index in [0.717, 1.165) is 31.0 Å². The molecule has 0 spiro atoms. The van der Waals surface area contributed by atoms with Gasteiger partial charge in [0.15, 0.2) is 11.0 Å². The molecule has 1 amide bonds. The molecule has 0 aliphatic rings. The van der Waals surface area contributed by atoms with Crippen molar-refractivity contribution < 1.29 is 4.79 Å². The highest BCUT2D eigenvalue weighted by atomic mass is 32.2. The molecule has 0 saturated heterocycles. The second kappa shape index (κ2) is 8.01. The predicted octanol–water partition coefficient (Wildman–Crippen LogP) is 2.39. The van der Waals surface area contributed by atoms with Crippen molar-refractivity contribution in [3.8, 4) is 11.4 Å². The molecule has 0 fully saturated rings. The Hall–Kier alpha value is -2.02. The summed E-state index contributed by atoms with van der Waals surface area (Å²) in [6.45, 7) is 9.02. The van der Waals surface area contributed by atoms with E-state index >= 15 is 0 Å². The number of hydrogen-bond acceptors (Lipinski definition) is 5. The summed E-state index contributed by atoms with van der Waals surface area (Å²) in [4.78, 5) is 13.2. The van der Waals surface area contributed by atoms with Crippen LogP contribution >= 0.6 is 11.8 Å². The van der Waals surface area contributed by atoms with E-state index in [2.05, 4.69) is 53.2 Å². The summed E-state index contributed by atoms with van der Waals surface area (Å²) in [6, 6.07) is 8.33. The Balaban J connectivity index is 2.26. The molecule has 6 nitrogen and oxygen atoms in total. The Labute approximate surface area is 141 Å². The van der Waals surface area contributed by atoms with Gasteiger partial charge in [-0.05, 0) is 45.0 Å². The second-order valence-electron chi connectivity index (χ2n) is 5.02. The number of benzene rings is 1. The van der Waals surface area contributed by atoms with Crippen LogP contribution in [-0.4, -0.2) is 39.5 Å². The molecule has 0 unspecified atom stereocenters. The molecule has 0 saturated carbocycles. The van der Waals surface area contributed by atoms with Crippen LogP contribution in [0.2, 0.25) is 0 Å². The molecule has 2 rings (SSSR count). The third-order valence-corrected chi connectivity index (χ3v) is 4.62. The minimum absolute atomic E-state index is 0.207. The highest BCUT2D eigenvalue weighted by Crippen LogP contribution is 2.25. The predicted molar refractivity (Wildman–Crippen MR) is 94.6 cm³/mol. The number of amides is 1. The van der Waals surface area contributed by atoms with Crippen molar-refractivity contribution in [3.05, 3.63) is 24.3 Å². The third kappa shape index (κ3) is 4.04. The molecule has 0 aliphatic heterocycles. The molecule has 0 aliphatic carbocycles. The van der Waals surface area contributed by atoms with Crippen molar-refractivity contribution in [2.45, 2.75) is 32.5 Å². The van der Waals surface area contributed by atoms with E-state index in [-0.39, 0.29) is 11.7 Å². The Bertz CT molecular complexity index is 649. The van der Waals surface area contributed by atoms with E-state index in [1.165, 1.54) is 17.4 Å². The Morgan fingerprint density at radius 3 is 2.35 bits per heavy atom. The molecule has 124 valence electrons. The number of primary amides is 1. The van der Waals surface area contributed by atoms with Crippen LogP contribution in [0.25, 0.3) is 11.4 Å². The topological polar surface area (TPSA) is 77.0 Å². The maximum Gasteiger partial charge on any atom is 0.227 e. The lowest BCUT2D eigenvalue weighted by Gasteiger charge is -2.21. The lowest BCUT2D eigenvalue weighted by molar-refractivity contribution is -0.115. The molecular formula is C16H23N5OS. The van der Waals surface area contributed by atoms with Gasteiger partial charge in [0.2, 0.25) is 5.91 Å². The van der Waals surface area contributed by atoms with Crippen LogP contribution < -0.4 is 10.6 Å². The quantitative estimate of drug-likeness (QED) is 0.751. The lowest BCUT2D eigenvalue weighted by atomic mass is 10.2. The van der Waals surface area contributed by atoms with Gasteiger partial charge in [0.1, 0.15) is 0 Å². The fourth-order valence-electron chi connectivity index (χ4n) is 2.44. The van der Waals surface area contributed by atoms with Crippen LogP contribution in [0.1, 0.15) is 20.8 Å². The fourth-order valence-corrected chi connectivity index (χ4v) is 3.18. The number of rotatable bonds is 8. The fraction of sp³-hybridized carbons (Fsp3) is 0.438. The van der Waals surface area contributed by atoms with Crippen molar-refractivity contribution in [2.75, 3.05) is 23.7 Å². The molecular weight excluding hydrogens is 310 g/mol. The van der Waals surface area contributed by atoms with E-state index in [1.54, 1.807) is 0 Å². The van der Waals surface area contributed by atoms with Gasteiger partial charge in [-0.2, -0.15) is 0 Å². The zero-order valence-corrected chi connectivity index (χ0v) is 14.6. The summed E-state index contributed by atoms with van der Waals surface area (Å²) < 4.78 is 2.00. The van der Waals surface area contributed by atoms with Gasteiger partial charge in [-0.3, -0.25) is 4.79 Å². The normalized spacial score (nSPS) is 10.7. The molecule has 2 aromatic rings. The summed E-state index contributed by atoms with van der Waals surface area (Å²) >= 11 is 1.32. The van der Waals surface area contributed by atoms with E-state index in [1.807, 2.05) is 11.5 Å². The van der Waals surface area contributed by atoms with E-state index in [4.69, 9.17) is 5.73 Å². The number of nitrogens with zero attached hydrogens (tertiary/aromatic N) is 4. The third-order valence-electron chi connectivity index (χ3n) is 3.63. The number of hydrogen-bond donors (Lipinski definition) is 1. The summed E-state index contributed by atoms with van der Waals surface area (Å²) in [5, 5.41) is 9.18. The van der Waals surface area contributed by atoms with Crippen LogP contribution in [0, 0.1) is 0 Å². The lowest BCUT2D eigenvalue weighted by Crippen LogP contribution is -2.21. The Kier molecular flexibility index (Phi) is 6.04. The van der Waals surface area contributed by atoms with Crippen molar-refractivity contribution in [1.82, 2.24) is 14.8 Å². The number of carbonyl (C=O) groups excluding carboxylic acids is 1. The average Bonchev–Trinajstić information content (AvgIpc) is 2.97. The highest BCUT2D eigenvalue weighted by molar-refractivity contribution is 7.99. The summed E-state index contributed by atoms with van der Waals surface area (Å²) in [6.07, 6.45) is 0. The number of nitrogens with two attached hydrogens (primary N) is 1. The van der Waals surface area contributed by atoms with Crippen LogP contribution in [0.4, 0.5) is 5.69 Å². The van der Waals surface area contributed by atoms with Crippen LogP contribution in [0.5, 0.6) is 0 Å². The average molecular weight is 333 g/mol. The summed E-state index contributed by atoms with van der Waals surface area (Å²) in [7, 11) is 0. The maximum atomic E-state index is 10.9. The molecule has 23 heavy (non-hydrogen) atoms. The van der Waals surface area contributed by atoms with Crippen LogP contribution in [0.15, 0.2) is 29.4 Å². The zero-order chi connectivity index (χ0) is 16.8. The van der Waals surface area contributed by atoms with Crippen molar-refractivity contribution in [2.24, 2.45) is 5.73 Å². The molecule has 1 aromatic carbocycles. The number of thioether (sulfide) groups is 1. The molecule has 2 N–H and O–H groups in total. The van der Waals surface area contributed by atoms with E-state index < -0.39 is 0 Å². The zero-order valence-electron chi connectivity index (χ0n) is 13.8. The van der Waals surface area contributed by atoms with Crippen molar-refractivity contribution in [3.63, 3.8) is 0 Å². The minimum atomic E-state index is -0.356. The van der Waals surface area contributed by atoms with Crippen LogP contribution in [0.3, 0.4) is 0 Å². The second-order valence-corrected chi connectivity index (χ2v) is 5.97. The first kappa shape index (κ1) is 17.3. The Morgan fingerprint density at radius 1 is 1.17 bits per heavy atom. The van der Waals surface area contributed by atoms with Crippen molar-refractivity contribution in [1.29, 1.82) is 0 Å². The van der Waals surface area contributed by atoms with Crippen molar-refractivity contribution >= 4 is 23.4 Å². The molecule has 1 aromatic heterocycles. The van der Waals surface area contributed by atoms with Gasteiger partial charge in [-0.15, -0.1) is 10.2 Å². The van der Waals surface area contributed by atoms with Gasteiger partial charge in [0, 0.05) is 30.9 Å². The highest BCUT2D eigenvalue weighted by Gasteiger charge is 2.14. The molecule has 0 atom stereocenters. The maximum absolute atomic E-state index is 10.9. The monoisotopic (exact) mass is 333 g/mol. The van der Waals surface area contributed by atoms with Gasteiger partial charge in [-0.1, -0.05) is 11.8 Å². The Morgan fingerprint density at radius 2 is 1.83 bits per heavy atom. The van der Waals surface area contributed by atoms with Gasteiger partial charge in [0.25, 0.3) is 0 Å². The van der Waals surface area contributed by atoms with Gasteiger partial charge < -0.3 is 15.2 Å². The standard InChI is InChI=1S/C16H23N5OS/c1-4-20(5-2)13-9-7-12(8-10-13)15-18-19-16(21(15)6-3)23-11-14(17)22/h7-10H,4-6,11H2,1-3H3,(H2,17,22). The molecule has 0 bridgehead atoms. The SMILES string of the molecule is CCN(CC)c1ccc(-c2nnc(SCC(N)=O)n2CC)cc1. The number of carbonyl (C=O) groups is 1. The van der Waals surface area contributed by atoms with Gasteiger partial charge in [0.05, 0.1) is 5.75 Å². The molecule has 1 heterocycles. The van der Waals surface area contributed by atoms with E-state index in [9.17, 15) is 4.79 Å². The first-order valence-corrected chi connectivity index (χ1v) is 8.78. The molecule has 0 radical (unpaired) electrons. The largest absolute Gasteiger partial charge is 0.372 e.